The monoisotopic (exact) mass is 692 g/mol. The minimum absolute atomic E-state index is 0.320. The van der Waals surface area contributed by atoms with Crippen molar-refractivity contribution >= 4 is 49.5 Å². The van der Waals surface area contributed by atoms with Crippen molar-refractivity contribution in [1.82, 2.24) is 0 Å². The standard InChI is InChI=1S/3C10H9O2.Bi/c3*1-8(2)10(11)12-9-6-4-3-5-7-9;/h3*4-7H,1H2,2H3;. The fourth-order valence-electron chi connectivity index (χ4n) is 3.02. The number of hydrogen-bond donors (Lipinski definition) is 0. The molecule has 0 radical (unpaired) electrons. The Kier molecular flexibility index (Phi) is 9.32. The third-order valence-corrected chi connectivity index (χ3v) is 14.5. The number of benzene rings is 3. The Morgan fingerprint density at radius 1 is 0.486 bits per heavy atom. The van der Waals surface area contributed by atoms with Gasteiger partial charge >= 0.3 is 225 Å². The molecule has 0 saturated carbocycles. The number of rotatable bonds is 9. The van der Waals surface area contributed by atoms with Gasteiger partial charge in [0.15, 0.2) is 0 Å². The average Bonchev–Trinajstić information content (AvgIpc) is 2.87. The van der Waals surface area contributed by atoms with Gasteiger partial charge in [0.25, 0.3) is 0 Å². The Labute approximate surface area is 224 Å². The predicted molar refractivity (Wildman–Crippen MR) is 145 cm³/mol. The van der Waals surface area contributed by atoms with Crippen molar-refractivity contribution in [1.29, 1.82) is 0 Å². The summed E-state index contributed by atoms with van der Waals surface area (Å²) in [4.78, 5) is 35.6. The van der Waals surface area contributed by atoms with Gasteiger partial charge in [-0.05, 0) is 0 Å². The van der Waals surface area contributed by atoms with E-state index in [4.69, 9.17) is 14.2 Å². The van der Waals surface area contributed by atoms with E-state index < -0.39 is 39.7 Å². The summed E-state index contributed by atoms with van der Waals surface area (Å²) in [5.41, 5.74) is 0.960. The van der Waals surface area contributed by atoms with E-state index in [1.165, 1.54) is 0 Å². The molecule has 3 aromatic carbocycles. The second kappa shape index (κ2) is 12.4. The molecule has 0 spiro atoms. The van der Waals surface area contributed by atoms with E-state index in [9.17, 15) is 14.4 Å². The Hall–Kier alpha value is -3.83. The van der Waals surface area contributed by atoms with Gasteiger partial charge in [-0.2, -0.15) is 0 Å². The third-order valence-electron chi connectivity index (χ3n) is 4.96. The van der Waals surface area contributed by atoms with Gasteiger partial charge in [-0.15, -0.1) is 0 Å². The summed E-state index contributed by atoms with van der Waals surface area (Å²) in [5.74, 6) is -0.134. The van der Waals surface area contributed by atoms with Gasteiger partial charge in [-0.1, -0.05) is 0 Å². The van der Waals surface area contributed by atoms with E-state index in [-0.39, 0.29) is 0 Å². The normalized spacial score (nSPS) is 10.4. The van der Waals surface area contributed by atoms with Crippen LogP contribution in [0.1, 0.15) is 20.8 Å². The Morgan fingerprint density at radius 3 is 0.892 bits per heavy atom. The van der Waals surface area contributed by atoms with Gasteiger partial charge in [0.05, 0.1) is 0 Å². The first-order valence-corrected chi connectivity index (χ1v) is 16.5. The quantitative estimate of drug-likeness (QED) is 0.148. The van der Waals surface area contributed by atoms with E-state index in [1.54, 1.807) is 57.2 Å². The molecule has 0 aliphatic rings. The maximum absolute atomic E-state index is 11.9. The second-order valence-electron chi connectivity index (χ2n) is 8.33. The van der Waals surface area contributed by atoms with Crippen molar-refractivity contribution in [3.8, 4) is 17.2 Å². The second-order valence-corrected chi connectivity index (χ2v) is 17.0. The number of ether oxygens (including phenoxy) is 3. The number of esters is 3. The first-order chi connectivity index (χ1) is 17.5. The van der Waals surface area contributed by atoms with Crippen LogP contribution in [0.15, 0.2) is 109 Å². The molecule has 0 aliphatic heterocycles. The van der Waals surface area contributed by atoms with Crippen molar-refractivity contribution < 1.29 is 28.6 Å². The van der Waals surface area contributed by atoms with Crippen LogP contribution in [0.2, 0.25) is 0 Å². The molecule has 7 heteroatoms. The van der Waals surface area contributed by atoms with Crippen LogP contribution >= 0.6 is 0 Å². The molecule has 0 saturated heterocycles. The molecule has 0 bridgehead atoms. The van der Waals surface area contributed by atoms with Crippen molar-refractivity contribution in [3.63, 3.8) is 0 Å². The van der Waals surface area contributed by atoms with Crippen molar-refractivity contribution in [2.75, 3.05) is 0 Å². The summed E-state index contributed by atoms with van der Waals surface area (Å²) in [5, 5.41) is 0. The van der Waals surface area contributed by atoms with Crippen LogP contribution in [-0.4, -0.2) is 39.7 Å². The predicted octanol–water partition coefficient (Wildman–Crippen LogP) is 3.65. The summed E-state index contributed by atoms with van der Waals surface area (Å²) in [6.07, 6.45) is 0. The molecule has 37 heavy (non-hydrogen) atoms. The van der Waals surface area contributed by atoms with Crippen LogP contribution in [0.3, 0.4) is 0 Å². The summed E-state index contributed by atoms with van der Waals surface area (Å²) >= 11 is -2.85. The zero-order chi connectivity index (χ0) is 27.1. The topological polar surface area (TPSA) is 78.9 Å². The zero-order valence-electron chi connectivity index (χ0n) is 20.9. The SMILES string of the molecule is C=C(C)C(=O)Oc1cc[c]([Bi]([c]2ccc(OC(=O)C(=C)C)cc2)[c]2ccc(OC(=O)C(=C)C)cc2)cc1. The Morgan fingerprint density at radius 2 is 0.703 bits per heavy atom. The minimum atomic E-state index is -2.85. The summed E-state index contributed by atoms with van der Waals surface area (Å²) < 4.78 is 19.4. The summed E-state index contributed by atoms with van der Waals surface area (Å²) in [7, 11) is 0. The van der Waals surface area contributed by atoms with Gasteiger partial charge in [0.2, 0.25) is 0 Å². The molecule has 3 aromatic rings. The molecule has 0 aromatic heterocycles. The van der Waals surface area contributed by atoms with Crippen molar-refractivity contribution in [2.24, 2.45) is 0 Å². The van der Waals surface area contributed by atoms with Crippen LogP contribution in [0.5, 0.6) is 17.2 Å². The van der Waals surface area contributed by atoms with Crippen LogP contribution in [0.4, 0.5) is 0 Å². The molecular weight excluding hydrogens is 665 g/mol. The number of carbonyl (C=O) groups excluding carboxylic acids is 3. The molecule has 0 amide bonds. The van der Waals surface area contributed by atoms with Crippen molar-refractivity contribution in [3.05, 3.63) is 109 Å². The van der Waals surface area contributed by atoms with E-state index >= 15 is 0 Å². The number of hydrogen-bond acceptors (Lipinski definition) is 6. The molecular formula is C30H27BiO6. The molecule has 0 heterocycles. The van der Waals surface area contributed by atoms with Gasteiger partial charge in [-0.3, -0.25) is 0 Å². The Bertz CT molecular complexity index is 1180. The Balaban J connectivity index is 1.95. The first-order valence-electron chi connectivity index (χ1n) is 11.3. The van der Waals surface area contributed by atoms with E-state index in [0.717, 1.165) is 9.81 Å². The van der Waals surface area contributed by atoms with Gasteiger partial charge in [0, 0.05) is 0 Å². The molecule has 0 atom stereocenters. The molecule has 3 rings (SSSR count). The summed E-state index contributed by atoms with van der Waals surface area (Å²) in [6.45, 7) is 15.6. The average molecular weight is 693 g/mol. The van der Waals surface area contributed by atoms with E-state index in [0.29, 0.717) is 34.0 Å². The third kappa shape index (κ3) is 7.58. The number of carbonyl (C=O) groups is 3. The van der Waals surface area contributed by atoms with Gasteiger partial charge in [-0.25, -0.2) is 0 Å². The molecule has 0 N–H and O–H groups in total. The van der Waals surface area contributed by atoms with E-state index in [1.807, 2.05) is 36.4 Å². The van der Waals surface area contributed by atoms with E-state index in [2.05, 4.69) is 19.7 Å². The molecule has 0 unspecified atom stereocenters. The fraction of sp³-hybridized carbons (Fsp3) is 0.100. The van der Waals surface area contributed by atoms with Crippen LogP contribution in [-0.2, 0) is 14.4 Å². The maximum atomic E-state index is 11.9. The van der Waals surface area contributed by atoms with Gasteiger partial charge < -0.3 is 0 Å². The summed E-state index contributed by atoms with van der Waals surface area (Å²) in [6, 6.07) is 22.4. The molecule has 188 valence electrons. The molecule has 6 nitrogen and oxygen atoms in total. The van der Waals surface area contributed by atoms with Crippen LogP contribution in [0.25, 0.3) is 0 Å². The van der Waals surface area contributed by atoms with Crippen LogP contribution in [0, 0.1) is 0 Å². The zero-order valence-corrected chi connectivity index (χ0v) is 24.4. The first kappa shape index (κ1) is 27.8. The van der Waals surface area contributed by atoms with Crippen molar-refractivity contribution in [2.45, 2.75) is 20.8 Å². The van der Waals surface area contributed by atoms with Crippen LogP contribution < -0.4 is 24.0 Å². The molecule has 0 fully saturated rings. The van der Waals surface area contributed by atoms with Gasteiger partial charge in [0.1, 0.15) is 0 Å². The molecule has 0 aliphatic carbocycles. The fourth-order valence-corrected chi connectivity index (χ4v) is 11.7.